The van der Waals surface area contributed by atoms with Crippen molar-refractivity contribution in [3.8, 4) is 0 Å². The second-order valence-corrected chi connectivity index (χ2v) is 4.71. The maximum Gasteiger partial charge on any atom is 0.185 e. The van der Waals surface area contributed by atoms with E-state index in [-0.39, 0.29) is 18.5 Å². The summed E-state index contributed by atoms with van der Waals surface area (Å²) in [6.45, 7) is 4.64. The summed E-state index contributed by atoms with van der Waals surface area (Å²) in [6.07, 6.45) is 0. The molecule has 2 nitrogen and oxygen atoms in total. The van der Waals surface area contributed by atoms with E-state index >= 15 is 0 Å². The fourth-order valence-corrected chi connectivity index (χ4v) is 1.20. The molecule has 0 saturated heterocycles. The minimum absolute atomic E-state index is 0.135. The molecule has 0 fully saturated rings. The largest absolute Gasteiger partial charge is 0.388 e. The van der Waals surface area contributed by atoms with Gasteiger partial charge < -0.3 is 10.4 Å². The molecule has 1 aromatic rings. The van der Waals surface area contributed by atoms with E-state index in [1.165, 1.54) is 6.92 Å². The SMILES string of the molecule is CC(C)C(C)(O)CNc1c(F)c(F)cc(F)c1F. The third-order valence-electron chi connectivity index (χ3n) is 2.98. The maximum absolute atomic E-state index is 13.3. The Kier molecular flexibility index (Phi) is 4.21. The number of anilines is 1. The first-order chi connectivity index (χ1) is 8.16. The van der Waals surface area contributed by atoms with Crippen LogP contribution >= 0.6 is 0 Å². The molecule has 102 valence electrons. The van der Waals surface area contributed by atoms with E-state index in [1.807, 2.05) is 0 Å². The third kappa shape index (κ3) is 2.93. The fraction of sp³-hybridized carbons (Fsp3) is 0.500. The number of benzene rings is 1. The predicted octanol–water partition coefficient (Wildman–Crippen LogP) is 3.06. The molecule has 0 aliphatic rings. The van der Waals surface area contributed by atoms with Gasteiger partial charge in [-0.05, 0) is 12.8 Å². The number of hydrogen-bond acceptors (Lipinski definition) is 2. The number of aliphatic hydroxyl groups is 1. The molecule has 0 saturated carbocycles. The fourth-order valence-electron chi connectivity index (χ4n) is 1.20. The van der Waals surface area contributed by atoms with Crippen molar-refractivity contribution in [1.82, 2.24) is 0 Å². The first-order valence-electron chi connectivity index (χ1n) is 5.46. The summed E-state index contributed by atoms with van der Waals surface area (Å²) >= 11 is 0. The second-order valence-electron chi connectivity index (χ2n) is 4.71. The average molecular weight is 265 g/mol. The lowest BCUT2D eigenvalue weighted by atomic mass is 9.92. The van der Waals surface area contributed by atoms with E-state index in [9.17, 15) is 22.7 Å². The first-order valence-corrected chi connectivity index (χ1v) is 5.46. The molecular formula is C12H15F4NO. The van der Waals surface area contributed by atoms with E-state index in [4.69, 9.17) is 0 Å². The zero-order valence-corrected chi connectivity index (χ0v) is 10.3. The van der Waals surface area contributed by atoms with Crippen LogP contribution in [0, 0.1) is 29.2 Å². The Morgan fingerprint density at radius 3 is 2.00 bits per heavy atom. The molecule has 0 aliphatic carbocycles. The Labute approximate surface area is 103 Å². The number of rotatable bonds is 4. The van der Waals surface area contributed by atoms with Crippen molar-refractivity contribution in [2.45, 2.75) is 26.4 Å². The van der Waals surface area contributed by atoms with Crippen LogP contribution in [0.5, 0.6) is 0 Å². The highest BCUT2D eigenvalue weighted by Gasteiger charge is 2.27. The van der Waals surface area contributed by atoms with E-state index in [1.54, 1.807) is 13.8 Å². The molecule has 1 aromatic carbocycles. The van der Waals surface area contributed by atoms with Crippen LogP contribution in [0.3, 0.4) is 0 Å². The molecule has 0 spiro atoms. The maximum atomic E-state index is 13.3. The van der Waals surface area contributed by atoms with Gasteiger partial charge in [-0.1, -0.05) is 13.8 Å². The molecule has 0 bridgehead atoms. The van der Waals surface area contributed by atoms with Crippen molar-refractivity contribution in [2.24, 2.45) is 5.92 Å². The second kappa shape index (κ2) is 5.14. The molecule has 0 aromatic heterocycles. The molecular weight excluding hydrogens is 250 g/mol. The highest BCUT2D eigenvalue weighted by molar-refractivity contribution is 5.47. The van der Waals surface area contributed by atoms with Gasteiger partial charge in [0.15, 0.2) is 23.3 Å². The third-order valence-corrected chi connectivity index (χ3v) is 2.98. The monoisotopic (exact) mass is 265 g/mol. The topological polar surface area (TPSA) is 32.3 Å². The molecule has 0 amide bonds. The summed E-state index contributed by atoms with van der Waals surface area (Å²) in [5.74, 6) is -6.18. The number of nitrogens with one attached hydrogen (secondary N) is 1. The summed E-state index contributed by atoms with van der Waals surface area (Å²) in [4.78, 5) is 0. The van der Waals surface area contributed by atoms with Gasteiger partial charge in [0.05, 0.1) is 5.60 Å². The van der Waals surface area contributed by atoms with Crippen molar-refractivity contribution in [1.29, 1.82) is 0 Å². The quantitative estimate of drug-likeness (QED) is 0.647. The van der Waals surface area contributed by atoms with Crippen LogP contribution in [-0.2, 0) is 0 Å². The number of halogens is 4. The smallest absolute Gasteiger partial charge is 0.185 e. The Balaban J connectivity index is 2.99. The van der Waals surface area contributed by atoms with E-state index in [0.29, 0.717) is 0 Å². The minimum Gasteiger partial charge on any atom is -0.388 e. The molecule has 1 atom stereocenters. The van der Waals surface area contributed by atoms with Gasteiger partial charge in [0.1, 0.15) is 5.69 Å². The lowest BCUT2D eigenvalue weighted by molar-refractivity contribution is 0.0265. The predicted molar refractivity (Wildman–Crippen MR) is 60.2 cm³/mol. The summed E-state index contributed by atoms with van der Waals surface area (Å²) < 4.78 is 52.4. The normalized spacial score (nSPS) is 14.7. The van der Waals surface area contributed by atoms with E-state index < -0.39 is 34.6 Å². The van der Waals surface area contributed by atoms with Crippen LogP contribution in [-0.4, -0.2) is 17.3 Å². The lowest BCUT2D eigenvalue weighted by Gasteiger charge is -2.28. The first kappa shape index (κ1) is 14.8. The molecule has 2 N–H and O–H groups in total. The molecule has 18 heavy (non-hydrogen) atoms. The Bertz CT molecular complexity index is 420. The van der Waals surface area contributed by atoms with Crippen molar-refractivity contribution in [2.75, 3.05) is 11.9 Å². The molecule has 0 heterocycles. The van der Waals surface area contributed by atoms with Gasteiger partial charge in [0.2, 0.25) is 0 Å². The molecule has 0 aliphatic heterocycles. The van der Waals surface area contributed by atoms with Crippen LogP contribution in [0.1, 0.15) is 20.8 Å². The Morgan fingerprint density at radius 1 is 1.17 bits per heavy atom. The number of hydrogen-bond donors (Lipinski definition) is 2. The van der Waals surface area contributed by atoms with Gasteiger partial charge in [0, 0.05) is 12.6 Å². The molecule has 0 radical (unpaired) electrons. The van der Waals surface area contributed by atoms with Crippen LogP contribution in [0.2, 0.25) is 0 Å². The van der Waals surface area contributed by atoms with Crippen molar-refractivity contribution < 1.29 is 22.7 Å². The highest BCUT2D eigenvalue weighted by Crippen LogP contribution is 2.25. The van der Waals surface area contributed by atoms with Gasteiger partial charge in [-0.25, -0.2) is 17.6 Å². The standard InChI is InChI=1S/C12H15F4NO/c1-6(2)12(3,18)5-17-11-9(15)7(13)4-8(14)10(11)16/h4,6,17-18H,5H2,1-3H3. The Morgan fingerprint density at radius 2 is 1.61 bits per heavy atom. The van der Waals surface area contributed by atoms with Gasteiger partial charge >= 0.3 is 0 Å². The zero-order valence-electron chi connectivity index (χ0n) is 10.3. The zero-order chi connectivity index (χ0) is 14.1. The van der Waals surface area contributed by atoms with Crippen LogP contribution in [0.25, 0.3) is 0 Å². The lowest BCUT2D eigenvalue weighted by Crippen LogP contribution is -2.39. The van der Waals surface area contributed by atoms with Crippen LogP contribution in [0.4, 0.5) is 23.2 Å². The van der Waals surface area contributed by atoms with Crippen molar-refractivity contribution in [3.63, 3.8) is 0 Å². The van der Waals surface area contributed by atoms with Crippen molar-refractivity contribution in [3.05, 3.63) is 29.3 Å². The van der Waals surface area contributed by atoms with Gasteiger partial charge in [-0.15, -0.1) is 0 Å². The highest BCUT2D eigenvalue weighted by atomic mass is 19.2. The van der Waals surface area contributed by atoms with Crippen LogP contribution in [0.15, 0.2) is 6.07 Å². The van der Waals surface area contributed by atoms with Crippen molar-refractivity contribution >= 4 is 5.69 Å². The van der Waals surface area contributed by atoms with E-state index in [2.05, 4.69) is 5.32 Å². The van der Waals surface area contributed by atoms with E-state index in [0.717, 1.165) is 0 Å². The van der Waals surface area contributed by atoms with Gasteiger partial charge in [-0.3, -0.25) is 0 Å². The van der Waals surface area contributed by atoms with Gasteiger partial charge in [0.25, 0.3) is 0 Å². The minimum atomic E-state index is -1.51. The summed E-state index contributed by atoms with van der Waals surface area (Å²) in [5, 5.41) is 12.1. The summed E-state index contributed by atoms with van der Waals surface area (Å²) in [7, 11) is 0. The summed E-state index contributed by atoms with van der Waals surface area (Å²) in [5.41, 5.74) is -2.17. The average Bonchev–Trinajstić information content (AvgIpc) is 2.26. The summed E-state index contributed by atoms with van der Waals surface area (Å²) in [6, 6.07) is 0.135. The molecule has 1 unspecified atom stereocenters. The Hall–Kier alpha value is -1.30. The van der Waals surface area contributed by atoms with Crippen LogP contribution < -0.4 is 5.32 Å². The molecule has 6 heteroatoms. The van der Waals surface area contributed by atoms with Gasteiger partial charge in [-0.2, -0.15) is 0 Å². The molecule has 1 rings (SSSR count).